The molecular weight excluding hydrogens is 436 g/mol. The lowest BCUT2D eigenvalue weighted by molar-refractivity contribution is 0.695. The average Bonchev–Trinajstić information content (AvgIpc) is 2.86. The van der Waals surface area contributed by atoms with Crippen molar-refractivity contribution in [1.29, 1.82) is 0 Å². The highest BCUT2D eigenvalue weighted by atomic mass is 15.3. The number of nitrogens with two attached hydrogens (primary N) is 1. The molecule has 1 aromatic rings. The fourth-order valence-corrected chi connectivity index (χ4v) is 3.25. The van der Waals surface area contributed by atoms with Crippen molar-refractivity contribution in [1.82, 2.24) is 10.3 Å². The predicted molar refractivity (Wildman–Crippen MR) is 154 cm³/mol. The fourth-order valence-electron chi connectivity index (χ4n) is 3.25. The smallest absolute Gasteiger partial charge is 0.158 e. The molecule has 0 bridgehead atoms. The highest BCUT2D eigenvalue weighted by Gasteiger charge is 2.16. The Balaban J connectivity index is 3.37. The molecule has 0 amide bonds. The largest absolute Gasteiger partial charge is 0.396 e. The standard InChI is InChI=1S/C27H42N8/c1-8-13-14-19-35(22(7)32-20-30-18-17-29-11-4)27-23(28)15-16-25(34-27)21(6)24(9-2)33-26(10-3)31-12-5/h11-12,15-18,20H,7-10,13-14,19,28H2,1-6H3,(H,30,32)/b18-17-,24-21+,29-11-,31-12-,33-26-. The summed E-state index contributed by atoms with van der Waals surface area (Å²) in [5, 5.41) is 3.13. The molecule has 0 fully saturated rings. The van der Waals surface area contributed by atoms with Gasteiger partial charge in [0.05, 0.1) is 17.7 Å². The lowest BCUT2D eigenvalue weighted by Gasteiger charge is -2.27. The number of pyridine rings is 1. The third-order valence-electron chi connectivity index (χ3n) is 5.18. The number of amidine groups is 1. The number of nitrogen functional groups attached to an aromatic ring is 1. The number of anilines is 2. The van der Waals surface area contributed by atoms with Crippen LogP contribution in [0.1, 0.15) is 79.3 Å². The van der Waals surface area contributed by atoms with Gasteiger partial charge in [-0.1, -0.05) is 40.2 Å². The zero-order valence-corrected chi connectivity index (χ0v) is 22.3. The molecule has 0 aliphatic heterocycles. The number of rotatable bonds is 14. The first-order chi connectivity index (χ1) is 16.9. The first-order valence-corrected chi connectivity index (χ1v) is 12.3. The van der Waals surface area contributed by atoms with Crippen molar-refractivity contribution in [3.8, 4) is 0 Å². The van der Waals surface area contributed by atoms with Gasteiger partial charge in [-0.15, -0.1) is 0 Å². The number of allylic oxidation sites excluding steroid dienone is 2. The molecule has 0 unspecified atom stereocenters. The van der Waals surface area contributed by atoms with Gasteiger partial charge >= 0.3 is 0 Å². The number of aromatic nitrogens is 1. The van der Waals surface area contributed by atoms with Crippen LogP contribution in [0.3, 0.4) is 0 Å². The monoisotopic (exact) mass is 478 g/mol. The maximum absolute atomic E-state index is 6.40. The molecule has 0 spiro atoms. The van der Waals surface area contributed by atoms with Gasteiger partial charge in [0.2, 0.25) is 0 Å². The Kier molecular flexibility index (Phi) is 14.3. The third-order valence-corrected chi connectivity index (χ3v) is 5.18. The van der Waals surface area contributed by atoms with E-state index in [1.54, 1.807) is 31.2 Å². The van der Waals surface area contributed by atoms with Crippen LogP contribution in [0, 0.1) is 0 Å². The van der Waals surface area contributed by atoms with Crippen LogP contribution < -0.4 is 16.0 Å². The minimum absolute atomic E-state index is 0.585. The van der Waals surface area contributed by atoms with Crippen LogP contribution in [-0.2, 0) is 0 Å². The van der Waals surface area contributed by atoms with Crippen LogP contribution in [0.5, 0.6) is 0 Å². The number of nitrogens with one attached hydrogen (secondary N) is 1. The molecule has 0 saturated heterocycles. The fraction of sp³-hybridized carbons (Fsp3) is 0.444. The van der Waals surface area contributed by atoms with Gasteiger partial charge in [-0.05, 0) is 51.3 Å². The molecule has 0 atom stereocenters. The van der Waals surface area contributed by atoms with E-state index < -0.39 is 0 Å². The van der Waals surface area contributed by atoms with Gasteiger partial charge < -0.3 is 16.0 Å². The number of hydrogen-bond donors (Lipinski definition) is 2. The van der Waals surface area contributed by atoms with Gasteiger partial charge in [0.1, 0.15) is 11.7 Å². The molecule has 190 valence electrons. The first kappa shape index (κ1) is 29.5. The van der Waals surface area contributed by atoms with Crippen LogP contribution >= 0.6 is 0 Å². The zero-order chi connectivity index (χ0) is 26.1. The van der Waals surface area contributed by atoms with Crippen molar-refractivity contribution in [2.24, 2.45) is 20.0 Å². The Labute approximate surface area is 211 Å². The number of aliphatic imine (C=N–C) groups is 4. The molecule has 1 heterocycles. The van der Waals surface area contributed by atoms with Gasteiger partial charge in [-0.3, -0.25) is 4.99 Å². The van der Waals surface area contributed by atoms with Crippen molar-refractivity contribution >= 4 is 41.7 Å². The SMILES string of the molecule is C=C(N/C=N/C=C\N=C/C)N(CCCCC)c1nc(/C(C)=C(CC)/N=C(CC)\N=C/C)ccc1N. The maximum Gasteiger partial charge on any atom is 0.158 e. The Morgan fingerprint density at radius 2 is 1.83 bits per heavy atom. The summed E-state index contributed by atoms with van der Waals surface area (Å²) in [5.41, 5.74) is 9.77. The molecule has 35 heavy (non-hydrogen) atoms. The van der Waals surface area contributed by atoms with Crippen molar-refractivity contribution in [3.05, 3.63) is 48.3 Å². The Hall–Kier alpha value is -3.55. The minimum atomic E-state index is 0.585. The summed E-state index contributed by atoms with van der Waals surface area (Å²) < 4.78 is 0. The van der Waals surface area contributed by atoms with E-state index in [1.807, 2.05) is 37.8 Å². The average molecular weight is 479 g/mol. The van der Waals surface area contributed by atoms with E-state index in [2.05, 4.69) is 47.6 Å². The van der Waals surface area contributed by atoms with Crippen molar-refractivity contribution < 1.29 is 0 Å². The topological polar surface area (TPSA) is 104 Å². The first-order valence-electron chi connectivity index (χ1n) is 12.3. The molecule has 0 aliphatic rings. The molecule has 8 heteroatoms. The summed E-state index contributed by atoms with van der Waals surface area (Å²) in [5.74, 6) is 2.11. The second-order valence-electron chi connectivity index (χ2n) is 7.74. The van der Waals surface area contributed by atoms with Crippen LogP contribution in [0.25, 0.3) is 5.57 Å². The highest BCUT2D eigenvalue weighted by Crippen LogP contribution is 2.28. The van der Waals surface area contributed by atoms with E-state index in [0.717, 1.165) is 61.4 Å². The minimum Gasteiger partial charge on any atom is -0.396 e. The molecule has 8 nitrogen and oxygen atoms in total. The van der Waals surface area contributed by atoms with E-state index in [0.29, 0.717) is 17.3 Å². The summed E-state index contributed by atoms with van der Waals surface area (Å²) in [6, 6.07) is 3.83. The lowest BCUT2D eigenvalue weighted by atomic mass is 10.1. The number of unbranched alkanes of at least 4 members (excludes halogenated alkanes) is 2. The molecule has 0 saturated carbocycles. The summed E-state index contributed by atoms with van der Waals surface area (Å²) >= 11 is 0. The molecule has 3 N–H and O–H groups in total. The molecule has 0 aliphatic carbocycles. The molecule has 0 radical (unpaired) electrons. The van der Waals surface area contributed by atoms with E-state index >= 15 is 0 Å². The zero-order valence-electron chi connectivity index (χ0n) is 22.3. The highest BCUT2D eigenvalue weighted by molar-refractivity contribution is 5.90. The third kappa shape index (κ3) is 10.1. The predicted octanol–water partition coefficient (Wildman–Crippen LogP) is 6.35. The molecule has 1 aromatic heterocycles. The summed E-state index contributed by atoms with van der Waals surface area (Å²) in [6.45, 7) is 17.0. The van der Waals surface area contributed by atoms with Crippen LogP contribution in [0.2, 0.25) is 0 Å². The summed E-state index contributed by atoms with van der Waals surface area (Å²) in [6.07, 6.45) is 13.0. The van der Waals surface area contributed by atoms with Gasteiger partial charge in [0.15, 0.2) is 5.82 Å². The van der Waals surface area contributed by atoms with E-state index in [4.69, 9.17) is 15.7 Å². The summed E-state index contributed by atoms with van der Waals surface area (Å²) in [7, 11) is 0. The van der Waals surface area contributed by atoms with Gasteiger partial charge in [0, 0.05) is 43.5 Å². The maximum atomic E-state index is 6.40. The Bertz CT molecular complexity index is 983. The van der Waals surface area contributed by atoms with Crippen LogP contribution in [-0.4, -0.2) is 36.1 Å². The number of hydrogen-bond acceptors (Lipinski definition) is 6. The molecule has 1 rings (SSSR count). The normalized spacial score (nSPS) is 13.4. The number of nitrogens with zero attached hydrogens (tertiary/aromatic N) is 6. The lowest BCUT2D eigenvalue weighted by Crippen LogP contribution is -2.32. The Morgan fingerprint density at radius 1 is 1.09 bits per heavy atom. The van der Waals surface area contributed by atoms with E-state index in [9.17, 15) is 0 Å². The van der Waals surface area contributed by atoms with E-state index in [1.165, 1.54) is 0 Å². The van der Waals surface area contributed by atoms with Crippen molar-refractivity contribution in [2.75, 3.05) is 17.2 Å². The second-order valence-corrected chi connectivity index (χ2v) is 7.74. The second kappa shape index (κ2) is 17.0. The van der Waals surface area contributed by atoms with Crippen molar-refractivity contribution in [3.63, 3.8) is 0 Å². The van der Waals surface area contributed by atoms with E-state index in [-0.39, 0.29) is 0 Å². The molecular formula is C27H42N8. The quantitative estimate of drug-likeness (QED) is 0.185. The van der Waals surface area contributed by atoms with Gasteiger partial charge in [-0.25, -0.2) is 20.0 Å². The van der Waals surface area contributed by atoms with Crippen LogP contribution in [0.15, 0.2) is 62.6 Å². The molecule has 0 aromatic carbocycles. The van der Waals surface area contributed by atoms with Gasteiger partial charge in [0.25, 0.3) is 0 Å². The van der Waals surface area contributed by atoms with Crippen LogP contribution in [0.4, 0.5) is 11.5 Å². The van der Waals surface area contributed by atoms with Crippen molar-refractivity contribution in [2.45, 2.75) is 73.6 Å². The van der Waals surface area contributed by atoms with Gasteiger partial charge in [-0.2, -0.15) is 0 Å². The summed E-state index contributed by atoms with van der Waals surface area (Å²) in [4.78, 5) is 24.3. The Morgan fingerprint density at radius 3 is 2.46 bits per heavy atom.